The van der Waals surface area contributed by atoms with Crippen molar-refractivity contribution in [1.29, 1.82) is 0 Å². The van der Waals surface area contributed by atoms with Crippen LogP contribution in [0.4, 0.5) is 0 Å². The smallest absolute Gasteiger partial charge is 0.162 e. The molecule has 0 spiro atoms. The maximum atomic E-state index is 12.0. The van der Waals surface area contributed by atoms with Crippen LogP contribution in [0.3, 0.4) is 0 Å². The molecule has 0 radical (unpaired) electrons. The molecule has 0 aliphatic carbocycles. The van der Waals surface area contributed by atoms with Crippen LogP contribution in [0.15, 0.2) is 53.4 Å². The first kappa shape index (κ1) is 14.0. The number of ketones is 1. The molecule has 2 aromatic carbocycles. The van der Waals surface area contributed by atoms with Gasteiger partial charge in [-0.05, 0) is 23.8 Å². The zero-order valence-corrected chi connectivity index (χ0v) is 12.4. The molecule has 0 N–H and O–H groups in total. The second kappa shape index (κ2) is 6.68. The Balaban J connectivity index is 1.56. The van der Waals surface area contributed by atoms with Crippen molar-refractivity contribution in [2.24, 2.45) is 0 Å². The number of thioether (sulfide) groups is 1. The van der Waals surface area contributed by atoms with Crippen LogP contribution >= 0.6 is 11.8 Å². The van der Waals surface area contributed by atoms with Crippen LogP contribution in [0.1, 0.15) is 5.56 Å². The van der Waals surface area contributed by atoms with Crippen molar-refractivity contribution in [3.05, 3.63) is 54.1 Å². The number of rotatable bonds is 5. The van der Waals surface area contributed by atoms with E-state index in [1.54, 1.807) is 0 Å². The fourth-order valence-electron chi connectivity index (χ4n) is 2.15. The molecule has 2 aromatic rings. The highest BCUT2D eigenvalue weighted by atomic mass is 32.2. The maximum absolute atomic E-state index is 12.0. The number of hydrogen-bond acceptors (Lipinski definition) is 4. The molecule has 108 valence electrons. The summed E-state index contributed by atoms with van der Waals surface area (Å²) in [4.78, 5) is 13.0. The third-order valence-corrected chi connectivity index (χ3v) is 4.21. The molecular formula is C17H16O3S. The number of fused-ring (bicyclic) bond motifs is 1. The van der Waals surface area contributed by atoms with Crippen LogP contribution in [-0.2, 0) is 11.2 Å². The summed E-state index contributed by atoms with van der Waals surface area (Å²) >= 11 is 1.54. The summed E-state index contributed by atoms with van der Waals surface area (Å²) in [5.41, 5.74) is 1.06. The Kier molecular flexibility index (Phi) is 4.46. The van der Waals surface area contributed by atoms with Gasteiger partial charge in [0.15, 0.2) is 11.5 Å². The number of ether oxygens (including phenoxy) is 2. The summed E-state index contributed by atoms with van der Waals surface area (Å²) in [5.74, 6) is 2.23. The summed E-state index contributed by atoms with van der Waals surface area (Å²) in [6.07, 6.45) is 0.485. The first-order valence-electron chi connectivity index (χ1n) is 6.89. The summed E-state index contributed by atoms with van der Waals surface area (Å²) in [5, 5.41) is 0. The predicted octanol–water partition coefficient (Wildman–Crippen LogP) is 3.36. The SMILES string of the molecule is O=C(CSc1ccc2c(c1)OCCO2)Cc1ccccc1. The molecule has 0 saturated heterocycles. The van der Waals surface area contributed by atoms with Gasteiger partial charge in [-0.3, -0.25) is 4.79 Å². The lowest BCUT2D eigenvalue weighted by molar-refractivity contribution is -0.116. The van der Waals surface area contributed by atoms with E-state index in [-0.39, 0.29) is 5.78 Å². The van der Waals surface area contributed by atoms with E-state index in [1.807, 2.05) is 48.5 Å². The third kappa shape index (κ3) is 3.79. The van der Waals surface area contributed by atoms with Crippen molar-refractivity contribution in [1.82, 2.24) is 0 Å². The van der Waals surface area contributed by atoms with Gasteiger partial charge in [0.2, 0.25) is 0 Å². The van der Waals surface area contributed by atoms with Gasteiger partial charge in [0.05, 0.1) is 5.75 Å². The van der Waals surface area contributed by atoms with E-state index < -0.39 is 0 Å². The van der Waals surface area contributed by atoms with Crippen LogP contribution in [-0.4, -0.2) is 24.7 Å². The molecule has 0 amide bonds. The average Bonchev–Trinajstić information content (AvgIpc) is 2.54. The Morgan fingerprint density at radius 2 is 1.76 bits per heavy atom. The Morgan fingerprint density at radius 3 is 2.57 bits per heavy atom. The van der Waals surface area contributed by atoms with Crippen LogP contribution in [0.2, 0.25) is 0 Å². The molecule has 21 heavy (non-hydrogen) atoms. The summed E-state index contributed by atoms with van der Waals surface area (Å²) in [6, 6.07) is 15.6. The molecule has 3 rings (SSSR count). The number of benzene rings is 2. The fourth-order valence-corrected chi connectivity index (χ4v) is 2.94. The van der Waals surface area contributed by atoms with Crippen LogP contribution in [0.25, 0.3) is 0 Å². The van der Waals surface area contributed by atoms with E-state index >= 15 is 0 Å². The Labute approximate surface area is 128 Å². The summed E-state index contributed by atoms with van der Waals surface area (Å²) < 4.78 is 11.0. The van der Waals surface area contributed by atoms with Crippen LogP contribution in [0.5, 0.6) is 11.5 Å². The molecule has 0 saturated carbocycles. The normalized spacial score (nSPS) is 13.0. The number of carbonyl (C=O) groups excluding carboxylic acids is 1. The number of carbonyl (C=O) groups is 1. The molecule has 0 unspecified atom stereocenters. The maximum Gasteiger partial charge on any atom is 0.162 e. The largest absolute Gasteiger partial charge is 0.486 e. The van der Waals surface area contributed by atoms with Gasteiger partial charge in [-0.2, -0.15) is 0 Å². The first-order chi connectivity index (χ1) is 10.3. The molecule has 0 atom stereocenters. The van der Waals surface area contributed by atoms with Gasteiger partial charge in [0, 0.05) is 11.3 Å². The van der Waals surface area contributed by atoms with Gasteiger partial charge < -0.3 is 9.47 Å². The van der Waals surface area contributed by atoms with Gasteiger partial charge in [0.1, 0.15) is 19.0 Å². The Morgan fingerprint density at radius 1 is 1.00 bits per heavy atom. The molecule has 4 heteroatoms. The standard InChI is InChI=1S/C17H16O3S/c18-14(10-13-4-2-1-3-5-13)12-21-15-6-7-16-17(11-15)20-9-8-19-16/h1-7,11H,8-10,12H2. The van der Waals surface area contributed by atoms with Crippen molar-refractivity contribution in [2.75, 3.05) is 19.0 Å². The molecule has 0 aromatic heterocycles. The van der Waals surface area contributed by atoms with Crippen molar-refractivity contribution < 1.29 is 14.3 Å². The van der Waals surface area contributed by atoms with E-state index in [0.29, 0.717) is 25.4 Å². The summed E-state index contributed by atoms with van der Waals surface area (Å²) in [7, 11) is 0. The second-order valence-electron chi connectivity index (χ2n) is 4.80. The van der Waals surface area contributed by atoms with E-state index in [0.717, 1.165) is 22.0 Å². The molecule has 3 nitrogen and oxygen atoms in total. The molecule has 0 bridgehead atoms. The molecule has 1 heterocycles. The fraction of sp³-hybridized carbons (Fsp3) is 0.235. The van der Waals surface area contributed by atoms with E-state index in [9.17, 15) is 4.79 Å². The van der Waals surface area contributed by atoms with Crippen molar-refractivity contribution >= 4 is 17.5 Å². The quantitative estimate of drug-likeness (QED) is 0.793. The lowest BCUT2D eigenvalue weighted by atomic mass is 10.1. The second-order valence-corrected chi connectivity index (χ2v) is 5.84. The minimum absolute atomic E-state index is 0.223. The highest BCUT2D eigenvalue weighted by molar-refractivity contribution is 8.00. The average molecular weight is 300 g/mol. The minimum Gasteiger partial charge on any atom is -0.486 e. The Hall–Kier alpha value is -1.94. The van der Waals surface area contributed by atoms with Gasteiger partial charge >= 0.3 is 0 Å². The zero-order valence-electron chi connectivity index (χ0n) is 11.6. The van der Waals surface area contributed by atoms with Crippen molar-refractivity contribution in [2.45, 2.75) is 11.3 Å². The van der Waals surface area contributed by atoms with E-state index in [4.69, 9.17) is 9.47 Å². The molecule has 0 fully saturated rings. The Bertz CT molecular complexity index is 625. The van der Waals surface area contributed by atoms with Gasteiger partial charge in [-0.1, -0.05) is 30.3 Å². The predicted molar refractivity (Wildman–Crippen MR) is 83.3 cm³/mol. The number of hydrogen-bond donors (Lipinski definition) is 0. The lowest BCUT2D eigenvalue weighted by Crippen LogP contribution is -2.15. The first-order valence-corrected chi connectivity index (χ1v) is 7.88. The van der Waals surface area contributed by atoms with Gasteiger partial charge in [0.25, 0.3) is 0 Å². The highest BCUT2D eigenvalue weighted by Gasteiger charge is 2.12. The van der Waals surface area contributed by atoms with Gasteiger partial charge in [-0.15, -0.1) is 11.8 Å². The minimum atomic E-state index is 0.223. The van der Waals surface area contributed by atoms with Crippen molar-refractivity contribution in [3.63, 3.8) is 0 Å². The summed E-state index contributed by atoms with van der Waals surface area (Å²) in [6.45, 7) is 1.17. The van der Waals surface area contributed by atoms with Crippen molar-refractivity contribution in [3.8, 4) is 11.5 Å². The van der Waals surface area contributed by atoms with Gasteiger partial charge in [-0.25, -0.2) is 0 Å². The van der Waals surface area contributed by atoms with E-state index in [1.165, 1.54) is 11.8 Å². The van der Waals surface area contributed by atoms with E-state index in [2.05, 4.69) is 0 Å². The third-order valence-electron chi connectivity index (χ3n) is 3.16. The monoisotopic (exact) mass is 300 g/mol. The molecule has 1 aliphatic heterocycles. The molecule has 1 aliphatic rings. The zero-order chi connectivity index (χ0) is 14.5. The number of Topliss-reactive ketones (excluding diaryl/α,β-unsaturated/α-hetero) is 1. The molecular weight excluding hydrogens is 284 g/mol. The lowest BCUT2D eigenvalue weighted by Gasteiger charge is -2.18. The topological polar surface area (TPSA) is 35.5 Å². The highest BCUT2D eigenvalue weighted by Crippen LogP contribution is 2.34. The van der Waals surface area contributed by atoms with Crippen LogP contribution < -0.4 is 9.47 Å². The van der Waals surface area contributed by atoms with Crippen LogP contribution in [0, 0.1) is 0 Å².